The van der Waals surface area contributed by atoms with Crippen molar-refractivity contribution in [2.24, 2.45) is 10.8 Å². The fourth-order valence-electron chi connectivity index (χ4n) is 5.29. The second kappa shape index (κ2) is 11.4. The topological polar surface area (TPSA) is 81.5 Å². The Morgan fingerprint density at radius 1 is 1.10 bits per heavy atom. The molecule has 0 unspecified atom stereocenters. The highest BCUT2D eigenvalue weighted by atomic mass is 35.5. The van der Waals surface area contributed by atoms with Gasteiger partial charge in [-0.25, -0.2) is 0 Å². The first-order valence-electron chi connectivity index (χ1n) is 13.3. The van der Waals surface area contributed by atoms with Crippen LogP contribution in [0.5, 0.6) is 0 Å². The second-order valence-electron chi connectivity index (χ2n) is 11.4. The van der Waals surface area contributed by atoms with E-state index < -0.39 is 47.1 Å². The van der Waals surface area contributed by atoms with Gasteiger partial charge in [-0.3, -0.25) is 19.1 Å². The molecule has 0 aliphatic heterocycles. The maximum atomic E-state index is 14.5. The molecule has 1 amide bonds. The predicted octanol–water partition coefficient (Wildman–Crippen LogP) is 7.02. The summed E-state index contributed by atoms with van der Waals surface area (Å²) < 4.78 is 49.4. The summed E-state index contributed by atoms with van der Waals surface area (Å²) in [4.78, 5) is 40.4. The molecule has 1 aromatic heterocycles. The average molecular weight is 602 g/mol. The highest BCUT2D eigenvalue weighted by molar-refractivity contribution is 6.40. The first-order valence-corrected chi connectivity index (χ1v) is 14.0. The SMILES string of the molecule is CCOC(=O)[C@]1(C)CC[C@@H](n2ncc(C(=O)N(CC(=O)c3c(Cl)cccc3Cl)CC3(C)CC3)c2C(F)(F)F)CC1. The van der Waals surface area contributed by atoms with Crippen LogP contribution in [0.25, 0.3) is 0 Å². The van der Waals surface area contributed by atoms with E-state index in [0.717, 1.165) is 28.6 Å². The fraction of sp³-hybridized carbons (Fsp3) is 0.571. The molecule has 12 heteroatoms. The largest absolute Gasteiger partial charge is 0.466 e. The molecule has 0 radical (unpaired) electrons. The number of rotatable bonds is 9. The number of nitrogens with zero attached hydrogens (tertiary/aromatic N) is 3. The zero-order chi connectivity index (χ0) is 29.5. The lowest BCUT2D eigenvalue weighted by Gasteiger charge is -2.36. The van der Waals surface area contributed by atoms with Crippen LogP contribution in [-0.2, 0) is 15.7 Å². The van der Waals surface area contributed by atoms with Gasteiger partial charge < -0.3 is 9.64 Å². The minimum atomic E-state index is -4.88. The van der Waals surface area contributed by atoms with Gasteiger partial charge in [0.25, 0.3) is 5.91 Å². The first-order chi connectivity index (χ1) is 18.7. The number of alkyl halides is 3. The van der Waals surface area contributed by atoms with E-state index >= 15 is 0 Å². The Morgan fingerprint density at radius 2 is 1.70 bits per heavy atom. The van der Waals surface area contributed by atoms with Gasteiger partial charge in [0.1, 0.15) is 0 Å². The summed E-state index contributed by atoms with van der Waals surface area (Å²) in [6, 6.07) is 3.88. The van der Waals surface area contributed by atoms with Crippen LogP contribution in [-0.4, -0.2) is 52.0 Å². The molecule has 0 saturated heterocycles. The number of carbonyl (C=O) groups excluding carboxylic acids is 3. The number of esters is 1. The fourth-order valence-corrected chi connectivity index (χ4v) is 5.90. The molecule has 2 aromatic rings. The lowest BCUT2D eigenvalue weighted by molar-refractivity contribution is -0.157. The maximum Gasteiger partial charge on any atom is 0.433 e. The third-order valence-electron chi connectivity index (χ3n) is 8.01. The highest BCUT2D eigenvalue weighted by Crippen LogP contribution is 2.47. The van der Waals surface area contributed by atoms with Gasteiger partial charge in [0, 0.05) is 6.54 Å². The molecule has 7 nitrogen and oxygen atoms in total. The lowest BCUT2D eigenvalue weighted by Crippen LogP contribution is -2.40. The summed E-state index contributed by atoms with van der Waals surface area (Å²) in [7, 11) is 0. The number of ether oxygens (including phenoxy) is 1. The summed E-state index contributed by atoms with van der Waals surface area (Å²) in [6.45, 7) is 5.21. The van der Waals surface area contributed by atoms with Crippen LogP contribution in [0, 0.1) is 10.8 Å². The summed E-state index contributed by atoms with van der Waals surface area (Å²) in [5.74, 6) is -1.87. The average Bonchev–Trinajstić information content (AvgIpc) is 3.42. The summed E-state index contributed by atoms with van der Waals surface area (Å²) in [5.41, 5.74) is -2.84. The zero-order valence-corrected chi connectivity index (χ0v) is 24.1. The van der Waals surface area contributed by atoms with Crippen molar-refractivity contribution >= 4 is 40.9 Å². The van der Waals surface area contributed by atoms with Gasteiger partial charge in [0.15, 0.2) is 11.5 Å². The Hall–Kier alpha value is -2.59. The standard InChI is InChI=1S/C28H32Cl2F3N3O4/c1-4-40-25(39)27(3)10-8-17(9-11-27)36-23(28(31,32)33)18(14-34-36)24(38)35(16-26(2)12-13-26)15-21(37)22-19(29)6-5-7-20(22)30/h5-7,14,17H,4,8-13,15-16H2,1-3H3/t17-,27-. The molecule has 40 heavy (non-hydrogen) atoms. The van der Waals surface area contributed by atoms with Crippen LogP contribution in [0.4, 0.5) is 13.2 Å². The third-order valence-corrected chi connectivity index (χ3v) is 8.64. The molecule has 2 fully saturated rings. The van der Waals surface area contributed by atoms with Crippen LogP contribution >= 0.6 is 23.2 Å². The zero-order valence-electron chi connectivity index (χ0n) is 22.6. The minimum absolute atomic E-state index is 0.0168. The third kappa shape index (κ3) is 6.33. The quantitative estimate of drug-likeness (QED) is 0.228. The van der Waals surface area contributed by atoms with Crippen LogP contribution in [0.1, 0.15) is 91.7 Å². The highest BCUT2D eigenvalue weighted by Gasteiger charge is 2.47. The molecule has 0 N–H and O–H groups in total. The van der Waals surface area contributed by atoms with Crippen molar-refractivity contribution in [3.63, 3.8) is 0 Å². The smallest absolute Gasteiger partial charge is 0.433 e. The van der Waals surface area contributed by atoms with Gasteiger partial charge in [-0.2, -0.15) is 18.3 Å². The normalized spacial score (nSPS) is 22.1. The van der Waals surface area contributed by atoms with Gasteiger partial charge in [0.2, 0.25) is 0 Å². The number of carbonyl (C=O) groups is 3. The van der Waals surface area contributed by atoms with Crippen molar-refractivity contribution < 1.29 is 32.3 Å². The number of hydrogen-bond acceptors (Lipinski definition) is 5. The van der Waals surface area contributed by atoms with Crippen LogP contribution < -0.4 is 0 Å². The molecule has 2 aliphatic rings. The van der Waals surface area contributed by atoms with Gasteiger partial charge >= 0.3 is 12.1 Å². The summed E-state index contributed by atoms with van der Waals surface area (Å²) in [6.07, 6.45) is -1.20. The number of Topliss-reactive ketones (excluding diaryl/α,β-unsaturated/α-hetero) is 1. The Kier molecular flexibility index (Phi) is 8.62. The van der Waals surface area contributed by atoms with Gasteiger partial charge in [0.05, 0.1) is 52.0 Å². The lowest BCUT2D eigenvalue weighted by atomic mass is 9.74. The predicted molar refractivity (Wildman–Crippen MR) is 144 cm³/mol. The van der Waals surface area contributed by atoms with Crippen LogP contribution in [0.15, 0.2) is 24.4 Å². The van der Waals surface area contributed by atoms with Crippen molar-refractivity contribution in [1.29, 1.82) is 0 Å². The van der Waals surface area contributed by atoms with Gasteiger partial charge in [-0.05, 0) is 69.9 Å². The monoisotopic (exact) mass is 601 g/mol. The van der Waals surface area contributed by atoms with Crippen molar-refractivity contribution in [3.8, 4) is 0 Å². The molecule has 2 aliphatic carbocycles. The van der Waals surface area contributed by atoms with Gasteiger partial charge in [-0.15, -0.1) is 0 Å². The van der Waals surface area contributed by atoms with E-state index in [4.69, 9.17) is 27.9 Å². The van der Waals surface area contributed by atoms with Crippen molar-refractivity contribution in [2.45, 2.75) is 71.5 Å². The number of aromatic nitrogens is 2. The molecule has 1 heterocycles. The van der Waals surface area contributed by atoms with Crippen molar-refractivity contribution in [3.05, 3.63) is 51.3 Å². The first kappa shape index (κ1) is 30.4. The number of ketones is 1. The van der Waals surface area contributed by atoms with E-state index in [2.05, 4.69) is 5.10 Å². The number of hydrogen-bond donors (Lipinski definition) is 0. The Balaban J connectivity index is 1.63. The van der Waals surface area contributed by atoms with E-state index in [1.807, 2.05) is 6.92 Å². The van der Waals surface area contributed by atoms with Crippen molar-refractivity contribution in [2.75, 3.05) is 19.7 Å². The Morgan fingerprint density at radius 3 is 2.23 bits per heavy atom. The summed E-state index contributed by atoms with van der Waals surface area (Å²) >= 11 is 12.4. The number of benzene rings is 1. The van der Waals surface area contributed by atoms with Crippen molar-refractivity contribution in [1.82, 2.24) is 14.7 Å². The maximum absolute atomic E-state index is 14.5. The van der Waals surface area contributed by atoms with E-state index in [1.165, 1.54) is 12.1 Å². The van der Waals surface area contributed by atoms with E-state index in [-0.39, 0.29) is 53.0 Å². The van der Waals surface area contributed by atoms with Gasteiger partial charge in [-0.1, -0.05) is 36.2 Å². The molecule has 4 rings (SSSR count). The molecular weight excluding hydrogens is 570 g/mol. The minimum Gasteiger partial charge on any atom is -0.466 e. The molecule has 0 atom stereocenters. The molecule has 218 valence electrons. The Labute approximate surface area is 240 Å². The molecule has 2 saturated carbocycles. The molecule has 1 aromatic carbocycles. The Bertz CT molecular complexity index is 1280. The van der Waals surface area contributed by atoms with E-state index in [0.29, 0.717) is 12.8 Å². The van der Waals surface area contributed by atoms with Crippen LogP contribution in [0.3, 0.4) is 0 Å². The molecular formula is C28H32Cl2F3N3O4. The molecule has 0 spiro atoms. The number of halogens is 5. The second-order valence-corrected chi connectivity index (χ2v) is 12.2. The number of amides is 1. The summed E-state index contributed by atoms with van der Waals surface area (Å²) in [5, 5.41) is 4.21. The van der Waals surface area contributed by atoms with E-state index in [1.54, 1.807) is 19.9 Å². The van der Waals surface area contributed by atoms with E-state index in [9.17, 15) is 27.6 Å². The van der Waals surface area contributed by atoms with Crippen LogP contribution in [0.2, 0.25) is 10.0 Å². The molecule has 0 bridgehead atoms.